The van der Waals surface area contributed by atoms with Crippen LogP contribution in [-0.2, 0) is 13.1 Å². The average molecular weight is 276 g/mol. The summed E-state index contributed by atoms with van der Waals surface area (Å²) in [7, 11) is 0. The third-order valence-corrected chi connectivity index (χ3v) is 3.31. The Morgan fingerprint density at radius 1 is 1.40 bits per heavy atom. The predicted molar refractivity (Wildman–Crippen MR) is 69.0 cm³/mol. The molecule has 1 aliphatic heterocycles. The summed E-state index contributed by atoms with van der Waals surface area (Å²) in [5.74, 6) is 5.16. The number of fused-ring (bicyclic) bond motifs is 1. The van der Waals surface area contributed by atoms with Gasteiger partial charge in [0, 0.05) is 13.1 Å². The molecular formula is C12H13FN6O. The standard InChI is InChI=1S/C12H13FN6O/c13-9-3-1-2-8(11(9)16-14)12(20)18-4-5-19-7-15-17-10(19)6-18/h1-3,7,16H,4-6,14H2. The van der Waals surface area contributed by atoms with Crippen LogP contribution in [0.4, 0.5) is 10.1 Å². The molecule has 7 nitrogen and oxygen atoms in total. The van der Waals surface area contributed by atoms with E-state index in [9.17, 15) is 9.18 Å². The number of carbonyl (C=O) groups is 1. The SMILES string of the molecule is NNc1c(F)cccc1C(=O)N1CCn2cnnc2C1. The van der Waals surface area contributed by atoms with Gasteiger partial charge in [0.1, 0.15) is 12.1 Å². The van der Waals surface area contributed by atoms with E-state index in [1.54, 1.807) is 17.3 Å². The van der Waals surface area contributed by atoms with Crippen LogP contribution in [0.2, 0.25) is 0 Å². The first-order valence-corrected chi connectivity index (χ1v) is 6.12. The van der Waals surface area contributed by atoms with E-state index >= 15 is 0 Å². The van der Waals surface area contributed by atoms with Gasteiger partial charge in [-0.2, -0.15) is 0 Å². The summed E-state index contributed by atoms with van der Waals surface area (Å²) in [5.41, 5.74) is 2.46. The Bertz CT molecular complexity index is 655. The van der Waals surface area contributed by atoms with Crippen LogP contribution in [0.25, 0.3) is 0 Å². The van der Waals surface area contributed by atoms with Crippen LogP contribution in [0.1, 0.15) is 16.2 Å². The number of para-hydroxylation sites is 1. The number of hydrazine groups is 1. The quantitative estimate of drug-likeness (QED) is 0.610. The van der Waals surface area contributed by atoms with E-state index in [2.05, 4.69) is 15.6 Å². The number of nitrogens with two attached hydrogens (primary N) is 1. The molecule has 0 saturated carbocycles. The first-order valence-electron chi connectivity index (χ1n) is 6.12. The number of aromatic nitrogens is 3. The molecule has 20 heavy (non-hydrogen) atoms. The maximum absolute atomic E-state index is 13.6. The number of benzene rings is 1. The fourth-order valence-corrected chi connectivity index (χ4v) is 2.26. The van der Waals surface area contributed by atoms with Gasteiger partial charge in [-0.3, -0.25) is 10.6 Å². The lowest BCUT2D eigenvalue weighted by Gasteiger charge is -2.27. The first kappa shape index (κ1) is 12.5. The Labute approximate surface area is 114 Å². The van der Waals surface area contributed by atoms with E-state index in [1.807, 2.05) is 4.57 Å². The summed E-state index contributed by atoms with van der Waals surface area (Å²) >= 11 is 0. The predicted octanol–water partition coefficient (Wildman–Crippen LogP) is 0.359. The second-order valence-corrected chi connectivity index (χ2v) is 4.47. The van der Waals surface area contributed by atoms with Crippen molar-refractivity contribution in [2.24, 2.45) is 5.84 Å². The van der Waals surface area contributed by atoms with Gasteiger partial charge >= 0.3 is 0 Å². The van der Waals surface area contributed by atoms with Crippen molar-refractivity contribution in [3.05, 3.63) is 41.7 Å². The van der Waals surface area contributed by atoms with Gasteiger partial charge in [-0.15, -0.1) is 10.2 Å². The molecule has 0 saturated heterocycles. The molecule has 0 radical (unpaired) electrons. The molecule has 3 rings (SSSR count). The third kappa shape index (κ3) is 1.99. The highest BCUT2D eigenvalue weighted by molar-refractivity contribution is 5.99. The summed E-state index contributed by atoms with van der Waals surface area (Å²) in [4.78, 5) is 14.1. The largest absolute Gasteiger partial charge is 0.329 e. The van der Waals surface area contributed by atoms with Gasteiger partial charge in [0.05, 0.1) is 17.8 Å². The Morgan fingerprint density at radius 2 is 2.25 bits per heavy atom. The van der Waals surface area contributed by atoms with Crippen LogP contribution in [0, 0.1) is 5.82 Å². The molecule has 1 aromatic carbocycles. The minimum atomic E-state index is -0.557. The van der Waals surface area contributed by atoms with Gasteiger partial charge < -0.3 is 14.9 Å². The maximum atomic E-state index is 13.6. The summed E-state index contributed by atoms with van der Waals surface area (Å²) in [6.07, 6.45) is 1.63. The number of halogens is 1. The molecule has 0 unspecified atom stereocenters. The van der Waals surface area contributed by atoms with Crippen molar-refractivity contribution in [1.29, 1.82) is 0 Å². The number of amides is 1. The van der Waals surface area contributed by atoms with Crippen molar-refractivity contribution >= 4 is 11.6 Å². The second kappa shape index (κ2) is 4.89. The minimum absolute atomic E-state index is 0.00420. The molecule has 3 N–H and O–H groups in total. The van der Waals surface area contributed by atoms with Gasteiger partial charge in [-0.1, -0.05) is 6.07 Å². The number of carbonyl (C=O) groups excluding carboxylic acids is 1. The third-order valence-electron chi connectivity index (χ3n) is 3.31. The van der Waals surface area contributed by atoms with E-state index in [0.717, 1.165) is 0 Å². The number of nitrogen functional groups attached to an aromatic ring is 1. The Hall–Kier alpha value is -2.48. The second-order valence-electron chi connectivity index (χ2n) is 4.47. The van der Waals surface area contributed by atoms with Crippen LogP contribution >= 0.6 is 0 Å². The normalized spacial score (nSPS) is 14.0. The summed E-state index contributed by atoms with van der Waals surface area (Å²) < 4.78 is 15.5. The number of nitrogens with one attached hydrogen (secondary N) is 1. The molecule has 0 atom stereocenters. The highest BCUT2D eigenvalue weighted by Crippen LogP contribution is 2.22. The van der Waals surface area contributed by atoms with E-state index in [-0.39, 0.29) is 17.2 Å². The molecule has 0 fully saturated rings. The van der Waals surface area contributed by atoms with E-state index in [0.29, 0.717) is 25.5 Å². The highest BCUT2D eigenvalue weighted by Gasteiger charge is 2.25. The van der Waals surface area contributed by atoms with Crippen molar-refractivity contribution < 1.29 is 9.18 Å². The lowest BCUT2D eigenvalue weighted by Crippen LogP contribution is -2.38. The molecule has 8 heteroatoms. The van der Waals surface area contributed by atoms with Gasteiger partial charge in [-0.05, 0) is 12.1 Å². The van der Waals surface area contributed by atoms with E-state index in [4.69, 9.17) is 5.84 Å². The molecule has 0 spiro atoms. The van der Waals surface area contributed by atoms with Crippen LogP contribution in [0.5, 0.6) is 0 Å². The first-order chi connectivity index (χ1) is 9.70. The fourth-order valence-electron chi connectivity index (χ4n) is 2.26. The number of hydrogen-bond acceptors (Lipinski definition) is 5. The monoisotopic (exact) mass is 276 g/mol. The van der Waals surface area contributed by atoms with Crippen LogP contribution < -0.4 is 11.3 Å². The van der Waals surface area contributed by atoms with Crippen molar-refractivity contribution in [1.82, 2.24) is 19.7 Å². The number of hydrogen-bond donors (Lipinski definition) is 2. The van der Waals surface area contributed by atoms with Crippen LogP contribution in [0.15, 0.2) is 24.5 Å². The molecule has 2 aromatic rings. The van der Waals surface area contributed by atoms with Crippen LogP contribution in [-0.4, -0.2) is 32.1 Å². The maximum Gasteiger partial charge on any atom is 0.256 e. The van der Waals surface area contributed by atoms with Gasteiger partial charge in [-0.25, -0.2) is 4.39 Å². The van der Waals surface area contributed by atoms with Gasteiger partial charge in [0.15, 0.2) is 5.82 Å². The zero-order valence-corrected chi connectivity index (χ0v) is 10.6. The van der Waals surface area contributed by atoms with Gasteiger partial charge in [0.2, 0.25) is 0 Å². The molecule has 1 amide bonds. The number of rotatable bonds is 2. The minimum Gasteiger partial charge on any atom is -0.329 e. The Morgan fingerprint density at radius 3 is 3.05 bits per heavy atom. The molecule has 104 valence electrons. The average Bonchev–Trinajstić information content (AvgIpc) is 2.93. The molecule has 2 heterocycles. The van der Waals surface area contributed by atoms with Crippen LogP contribution in [0.3, 0.4) is 0 Å². The van der Waals surface area contributed by atoms with E-state index in [1.165, 1.54) is 12.1 Å². The lowest BCUT2D eigenvalue weighted by atomic mass is 10.1. The summed E-state index contributed by atoms with van der Waals surface area (Å²) in [6, 6.07) is 4.27. The van der Waals surface area contributed by atoms with E-state index < -0.39 is 5.82 Å². The molecule has 0 aliphatic carbocycles. The lowest BCUT2D eigenvalue weighted by molar-refractivity contribution is 0.0708. The molecular weight excluding hydrogens is 263 g/mol. The number of nitrogens with zero attached hydrogens (tertiary/aromatic N) is 4. The van der Waals surface area contributed by atoms with Gasteiger partial charge in [0.25, 0.3) is 5.91 Å². The topological polar surface area (TPSA) is 89.1 Å². The molecule has 1 aliphatic rings. The Balaban J connectivity index is 1.89. The summed E-state index contributed by atoms with van der Waals surface area (Å²) in [6.45, 7) is 1.48. The Kier molecular flexibility index (Phi) is 3.07. The smallest absolute Gasteiger partial charge is 0.256 e. The zero-order valence-electron chi connectivity index (χ0n) is 10.6. The van der Waals surface area contributed by atoms with Crippen molar-refractivity contribution in [3.8, 4) is 0 Å². The zero-order chi connectivity index (χ0) is 14.1. The van der Waals surface area contributed by atoms with Crippen molar-refractivity contribution in [2.45, 2.75) is 13.1 Å². The van der Waals surface area contributed by atoms with Crippen molar-refractivity contribution in [3.63, 3.8) is 0 Å². The highest BCUT2D eigenvalue weighted by atomic mass is 19.1. The molecule has 0 bridgehead atoms. The summed E-state index contributed by atoms with van der Waals surface area (Å²) in [5, 5.41) is 7.75. The fraction of sp³-hybridized carbons (Fsp3) is 0.250. The van der Waals surface area contributed by atoms with Crippen molar-refractivity contribution in [2.75, 3.05) is 12.0 Å². The molecule has 1 aromatic heterocycles. The number of anilines is 1.